The second kappa shape index (κ2) is 9.04. The average Bonchev–Trinajstić information content (AvgIpc) is 2.49. The Kier molecular flexibility index (Phi) is 7.29. The number of hydrogen-bond donors (Lipinski definition) is 2. The fourth-order valence-electron chi connectivity index (χ4n) is 1.48. The SMILES string of the molecule is COCC(CNC(=O)c1cncc(C#CCO)c1)OC. The highest BCUT2D eigenvalue weighted by molar-refractivity contribution is 5.94. The van der Waals surface area contributed by atoms with E-state index in [0.29, 0.717) is 24.3 Å². The van der Waals surface area contributed by atoms with Crippen LogP contribution in [0.2, 0.25) is 0 Å². The second-order valence-electron chi connectivity index (χ2n) is 3.95. The number of aliphatic hydroxyl groups is 1. The summed E-state index contributed by atoms with van der Waals surface area (Å²) in [5, 5.41) is 11.4. The predicted molar refractivity (Wildman–Crippen MR) is 73.2 cm³/mol. The third-order valence-corrected chi connectivity index (χ3v) is 2.49. The van der Waals surface area contributed by atoms with Crippen molar-refractivity contribution in [3.8, 4) is 11.8 Å². The molecule has 1 rings (SSSR count). The van der Waals surface area contributed by atoms with Crippen LogP contribution in [0.15, 0.2) is 18.5 Å². The van der Waals surface area contributed by atoms with Crippen LogP contribution in [-0.4, -0.2) is 56.1 Å². The van der Waals surface area contributed by atoms with Crippen LogP contribution in [0.5, 0.6) is 0 Å². The molecule has 0 aliphatic carbocycles. The van der Waals surface area contributed by atoms with Crippen LogP contribution in [-0.2, 0) is 9.47 Å². The summed E-state index contributed by atoms with van der Waals surface area (Å²) in [5.41, 5.74) is 0.980. The van der Waals surface area contributed by atoms with Gasteiger partial charge in [-0.25, -0.2) is 0 Å². The van der Waals surface area contributed by atoms with Gasteiger partial charge in [-0.3, -0.25) is 9.78 Å². The quantitative estimate of drug-likeness (QED) is 0.705. The first-order chi connectivity index (χ1) is 9.71. The molecule has 20 heavy (non-hydrogen) atoms. The van der Waals surface area contributed by atoms with Gasteiger partial charge in [0, 0.05) is 38.7 Å². The Morgan fingerprint density at radius 2 is 2.30 bits per heavy atom. The van der Waals surface area contributed by atoms with Crippen LogP contribution in [0.1, 0.15) is 15.9 Å². The molecule has 0 radical (unpaired) electrons. The van der Waals surface area contributed by atoms with Gasteiger partial charge in [-0.15, -0.1) is 0 Å². The van der Waals surface area contributed by atoms with Gasteiger partial charge in [-0.05, 0) is 6.07 Å². The lowest BCUT2D eigenvalue weighted by atomic mass is 10.2. The molecule has 1 heterocycles. The highest BCUT2D eigenvalue weighted by atomic mass is 16.5. The monoisotopic (exact) mass is 278 g/mol. The van der Waals surface area contributed by atoms with Gasteiger partial charge >= 0.3 is 0 Å². The van der Waals surface area contributed by atoms with E-state index in [0.717, 1.165) is 0 Å². The molecular formula is C14H18N2O4. The van der Waals surface area contributed by atoms with E-state index in [4.69, 9.17) is 14.6 Å². The van der Waals surface area contributed by atoms with Gasteiger partial charge < -0.3 is 19.9 Å². The molecule has 0 aliphatic heterocycles. The molecule has 108 valence electrons. The number of nitrogens with zero attached hydrogens (tertiary/aromatic N) is 1. The maximum Gasteiger partial charge on any atom is 0.252 e. The van der Waals surface area contributed by atoms with Gasteiger partial charge in [-0.2, -0.15) is 0 Å². The summed E-state index contributed by atoms with van der Waals surface area (Å²) in [5.74, 6) is 4.94. The number of aromatic nitrogens is 1. The zero-order valence-corrected chi connectivity index (χ0v) is 11.5. The molecular weight excluding hydrogens is 260 g/mol. The molecule has 0 fully saturated rings. The second-order valence-corrected chi connectivity index (χ2v) is 3.95. The zero-order chi connectivity index (χ0) is 14.8. The molecule has 1 unspecified atom stereocenters. The largest absolute Gasteiger partial charge is 0.384 e. The maximum absolute atomic E-state index is 12.0. The Morgan fingerprint density at radius 1 is 1.50 bits per heavy atom. The molecule has 0 bridgehead atoms. The molecule has 0 spiro atoms. The number of methoxy groups -OCH3 is 2. The van der Waals surface area contributed by atoms with E-state index < -0.39 is 0 Å². The van der Waals surface area contributed by atoms with E-state index in [1.807, 2.05) is 0 Å². The van der Waals surface area contributed by atoms with Gasteiger partial charge in [0.1, 0.15) is 6.61 Å². The number of pyridine rings is 1. The van der Waals surface area contributed by atoms with Gasteiger partial charge in [0.15, 0.2) is 0 Å². The van der Waals surface area contributed by atoms with Crippen molar-refractivity contribution in [1.29, 1.82) is 0 Å². The van der Waals surface area contributed by atoms with Crippen LogP contribution in [0.25, 0.3) is 0 Å². The van der Waals surface area contributed by atoms with E-state index >= 15 is 0 Å². The number of rotatable bonds is 6. The van der Waals surface area contributed by atoms with Gasteiger partial charge in [0.05, 0.1) is 18.3 Å². The number of aliphatic hydroxyl groups excluding tert-OH is 1. The first-order valence-corrected chi connectivity index (χ1v) is 6.06. The Bertz CT molecular complexity index is 493. The van der Waals surface area contributed by atoms with Gasteiger partial charge in [-0.1, -0.05) is 11.8 Å². The van der Waals surface area contributed by atoms with E-state index in [2.05, 4.69) is 22.1 Å². The molecule has 1 atom stereocenters. The summed E-state index contributed by atoms with van der Waals surface area (Å²) >= 11 is 0. The molecule has 0 aromatic carbocycles. The van der Waals surface area contributed by atoms with Crippen molar-refractivity contribution in [3.05, 3.63) is 29.6 Å². The Hall–Kier alpha value is -1.94. The number of amides is 1. The van der Waals surface area contributed by atoms with Gasteiger partial charge in [0.25, 0.3) is 5.91 Å². The number of nitrogens with one attached hydrogen (secondary N) is 1. The molecule has 0 saturated heterocycles. The van der Waals surface area contributed by atoms with Gasteiger partial charge in [0.2, 0.25) is 0 Å². The number of ether oxygens (including phenoxy) is 2. The van der Waals surface area contributed by atoms with Crippen LogP contribution >= 0.6 is 0 Å². The first-order valence-electron chi connectivity index (χ1n) is 6.06. The summed E-state index contributed by atoms with van der Waals surface area (Å²) in [6.45, 7) is 0.510. The Balaban J connectivity index is 2.63. The van der Waals surface area contributed by atoms with Crippen LogP contribution < -0.4 is 5.32 Å². The van der Waals surface area contributed by atoms with Crippen molar-refractivity contribution in [1.82, 2.24) is 10.3 Å². The summed E-state index contributed by atoms with van der Waals surface area (Å²) in [7, 11) is 3.13. The van der Waals surface area contributed by atoms with Crippen LogP contribution in [0.3, 0.4) is 0 Å². The minimum absolute atomic E-state index is 0.200. The minimum atomic E-state index is -0.261. The lowest BCUT2D eigenvalue weighted by Gasteiger charge is -2.14. The van der Waals surface area contributed by atoms with Crippen molar-refractivity contribution in [2.45, 2.75) is 6.10 Å². The fourth-order valence-corrected chi connectivity index (χ4v) is 1.48. The average molecular weight is 278 g/mol. The normalized spacial score (nSPS) is 11.3. The lowest BCUT2D eigenvalue weighted by molar-refractivity contribution is 0.0285. The van der Waals surface area contributed by atoms with Crippen molar-refractivity contribution in [2.75, 3.05) is 34.0 Å². The van der Waals surface area contributed by atoms with Crippen LogP contribution in [0.4, 0.5) is 0 Å². The molecule has 2 N–H and O–H groups in total. The van der Waals surface area contributed by atoms with E-state index in [1.165, 1.54) is 12.4 Å². The van der Waals surface area contributed by atoms with E-state index in [-0.39, 0.29) is 18.6 Å². The summed E-state index contributed by atoms with van der Waals surface area (Å²) < 4.78 is 10.1. The smallest absolute Gasteiger partial charge is 0.252 e. The first kappa shape index (κ1) is 16.1. The lowest BCUT2D eigenvalue weighted by Crippen LogP contribution is -2.35. The third-order valence-electron chi connectivity index (χ3n) is 2.49. The summed E-state index contributed by atoms with van der Waals surface area (Å²) in [4.78, 5) is 15.9. The molecule has 6 heteroatoms. The Morgan fingerprint density at radius 3 is 2.95 bits per heavy atom. The Labute approximate surface area is 118 Å². The number of hydrogen-bond acceptors (Lipinski definition) is 5. The minimum Gasteiger partial charge on any atom is -0.384 e. The topological polar surface area (TPSA) is 80.7 Å². The van der Waals surface area contributed by atoms with Crippen molar-refractivity contribution < 1.29 is 19.4 Å². The molecule has 1 aromatic heterocycles. The predicted octanol–water partition coefficient (Wildman–Crippen LogP) is -0.183. The number of carbonyl (C=O) groups excluding carboxylic acids is 1. The van der Waals surface area contributed by atoms with E-state index in [9.17, 15) is 4.79 Å². The molecule has 0 aliphatic rings. The highest BCUT2D eigenvalue weighted by Gasteiger charge is 2.11. The molecule has 1 aromatic rings. The molecule has 0 saturated carbocycles. The van der Waals surface area contributed by atoms with Crippen molar-refractivity contribution in [2.24, 2.45) is 0 Å². The highest BCUT2D eigenvalue weighted by Crippen LogP contribution is 2.01. The molecule has 1 amide bonds. The number of carbonyl (C=O) groups is 1. The maximum atomic E-state index is 12.0. The summed E-state index contributed by atoms with van der Waals surface area (Å²) in [6, 6.07) is 1.61. The fraction of sp³-hybridized carbons (Fsp3) is 0.429. The van der Waals surface area contributed by atoms with E-state index in [1.54, 1.807) is 20.3 Å². The van der Waals surface area contributed by atoms with Crippen LogP contribution in [0, 0.1) is 11.8 Å². The van der Waals surface area contributed by atoms with Crippen molar-refractivity contribution >= 4 is 5.91 Å². The zero-order valence-electron chi connectivity index (χ0n) is 11.5. The molecule has 6 nitrogen and oxygen atoms in total. The third kappa shape index (κ3) is 5.36. The van der Waals surface area contributed by atoms with Crippen molar-refractivity contribution in [3.63, 3.8) is 0 Å². The summed E-state index contributed by atoms with van der Waals surface area (Å²) in [6.07, 6.45) is 2.79. The standard InChI is InChI=1S/C14H18N2O4/c1-19-10-13(20-2)9-16-14(18)12-6-11(4-3-5-17)7-15-8-12/h6-8,13,17H,5,9-10H2,1-2H3,(H,16,18).